The van der Waals surface area contributed by atoms with Gasteiger partial charge in [-0.15, -0.1) is 0 Å². The van der Waals surface area contributed by atoms with Gasteiger partial charge in [0.1, 0.15) is 6.61 Å². The van der Waals surface area contributed by atoms with Gasteiger partial charge in [-0.1, -0.05) is 0 Å². The van der Waals surface area contributed by atoms with Gasteiger partial charge in [0.15, 0.2) is 0 Å². The highest BCUT2D eigenvalue weighted by atomic mass is 16.5. The second-order valence-electron chi connectivity index (χ2n) is 5.73. The molecule has 1 aliphatic heterocycles. The molecule has 0 aromatic heterocycles. The molecule has 0 saturated carbocycles. The van der Waals surface area contributed by atoms with Crippen LogP contribution in [0.15, 0.2) is 0 Å². The lowest BCUT2D eigenvalue weighted by atomic mass is 10.00. The molecule has 1 fully saturated rings. The summed E-state index contributed by atoms with van der Waals surface area (Å²) >= 11 is 0. The van der Waals surface area contributed by atoms with E-state index in [1.165, 1.54) is 0 Å². The third-order valence-corrected chi connectivity index (χ3v) is 2.93. The molecule has 0 aromatic rings. The molecule has 0 aliphatic carbocycles. The third-order valence-electron chi connectivity index (χ3n) is 2.93. The Morgan fingerprint density at radius 2 is 1.94 bits per heavy atom. The fourth-order valence-electron chi connectivity index (χ4n) is 1.81. The molecule has 0 spiro atoms. The Bertz CT molecular complexity index is 242. The Morgan fingerprint density at radius 3 is 2.47 bits per heavy atom. The summed E-state index contributed by atoms with van der Waals surface area (Å²) in [6, 6.07) is 0. The van der Waals surface area contributed by atoms with Crippen LogP contribution in [0, 0.1) is 5.92 Å². The van der Waals surface area contributed by atoms with Crippen LogP contribution in [-0.4, -0.2) is 49.8 Å². The number of amides is 1. The number of rotatable bonds is 4. The number of carbonyl (C=O) groups excluding carboxylic acids is 1. The first-order valence-corrected chi connectivity index (χ1v) is 6.34. The van der Waals surface area contributed by atoms with Crippen LogP contribution < -0.4 is 0 Å². The molecule has 17 heavy (non-hydrogen) atoms. The molecule has 4 nitrogen and oxygen atoms in total. The minimum absolute atomic E-state index is 0.0615. The standard InChI is InChI=1S/C13H25NO3/c1-13(2,3)17-10-12(15)14(4)9-11-5-7-16-8-6-11/h11H,5-10H2,1-4H3. The number of hydrogen-bond acceptors (Lipinski definition) is 3. The molecule has 1 amide bonds. The van der Waals surface area contributed by atoms with Gasteiger partial charge in [0, 0.05) is 26.8 Å². The summed E-state index contributed by atoms with van der Waals surface area (Å²) in [5.41, 5.74) is -0.255. The SMILES string of the molecule is CN(CC1CCOCC1)C(=O)COC(C)(C)C. The Morgan fingerprint density at radius 1 is 1.35 bits per heavy atom. The van der Waals surface area contributed by atoms with Crippen molar-refractivity contribution in [1.29, 1.82) is 0 Å². The van der Waals surface area contributed by atoms with E-state index in [1.807, 2.05) is 27.8 Å². The molecule has 0 unspecified atom stereocenters. The number of nitrogens with zero attached hydrogens (tertiary/aromatic N) is 1. The highest BCUT2D eigenvalue weighted by Crippen LogP contribution is 2.15. The van der Waals surface area contributed by atoms with Crippen LogP contribution >= 0.6 is 0 Å². The van der Waals surface area contributed by atoms with Gasteiger partial charge in [0.2, 0.25) is 5.91 Å². The van der Waals surface area contributed by atoms with Crippen molar-refractivity contribution in [1.82, 2.24) is 4.90 Å². The van der Waals surface area contributed by atoms with E-state index in [0.29, 0.717) is 5.92 Å². The minimum Gasteiger partial charge on any atom is -0.381 e. The van der Waals surface area contributed by atoms with Gasteiger partial charge in [0.25, 0.3) is 0 Å². The van der Waals surface area contributed by atoms with Crippen molar-refractivity contribution in [2.75, 3.05) is 33.4 Å². The van der Waals surface area contributed by atoms with Crippen LogP contribution in [0.25, 0.3) is 0 Å². The number of hydrogen-bond donors (Lipinski definition) is 0. The third kappa shape index (κ3) is 6.03. The summed E-state index contributed by atoms with van der Waals surface area (Å²) in [5.74, 6) is 0.638. The van der Waals surface area contributed by atoms with Crippen LogP contribution in [0.2, 0.25) is 0 Å². The first kappa shape index (κ1) is 14.5. The molecule has 1 aliphatic rings. The van der Waals surface area contributed by atoms with Crippen molar-refractivity contribution < 1.29 is 14.3 Å². The average Bonchev–Trinajstić information content (AvgIpc) is 2.26. The van der Waals surface area contributed by atoms with Crippen LogP contribution in [0.3, 0.4) is 0 Å². The first-order valence-electron chi connectivity index (χ1n) is 6.34. The summed E-state index contributed by atoms with van der Waals surface area (Å²) in [6.45, 7) is 8.51. The summed E-state index contributed by atoms with van der Waals surface area (Å²) in [5, 5.41) is 0. The summed E-state index contributed by atoms with van der Waals surface area (Å²) in [6.07, 6.45) is 2.11. The lowest BCUT2D eigenvalue weighted by Crippen LogP contribution is -2.37. The molecule has 1 rings (SSSR count). The summed E-state index contributed by atoms with van der Waals surface area (Å²) < 4.78 is 10.8. The van der Waals surface area contributed by atoms with E-state index >= 15 is 0 Å². The van der Waals surface area contributed by atoms with Gasteiger partial charge in [-0.05, 0) is 39.5 Å². The zero-order valence-electron chi connectivity index (χ0n) is 11.5. The molecule has 0 radical (unpaired) electrons. The Kier molecular flexibility index (Phi) is 5.40. The Balaban J connectivity index is 2.26. The molecule has 1 saturated heterocycles. The molecular weight excluding hydrogens is 218 g/mol. The lowest BCUT2D eigenvalue weighted by Gasteiger charge is -2.28. The van der Waals surface area contributed by atoms with E-state index in [9.17, 15) is 4.79 Å². The van der Waals surface area contributed by atoms with Crippen molar-refractivity contribution in [3.05, 3.63) is 0 Å². The van der Waals surface area contributed by atoms with Crippen molar-refractivity contribution in [2.45, 2.75) is 39.2 Å². The maximum atomic E-state index is 11.8. The lowest BCUT2D eigenvalue weighted by molar-refractivity contribution is -0.140. The van der Waals surface area contributed by atoms with Gasteiger partial charge in [0.05, 0.1) is 5.60 Å². The molecule has 1 heterocycles. The topological polar surface area (TPSA) is 38.8 Å². The van der Waals surface area contributed by atoms with E-state index in [-0.39, 0.29) is 18.1 Å². The quantitative estimate of drug-likeness (QED) is 0.754. The summed E-state index contributed by atoms with van der Waals surface area (Å²) in [4.78, 5) is 13.6. The molecule has 0 bridgehead atoms. The molecule has 0 aromatic carbocycles. The smallest absolute Gasteiger partial charge is 0.248 e. The van der Waals surface area contributed by atoms with Crippen molar-refractivity contribution in [2.24, 2.45) is 5.92 Å². The highest BCUT2D eigenvalue weighted by Gasteiger charge is 2.20. The number of carbonyl (C=O) groups is 1. The minimum atomic E-state index is -0.255. The molecule has 0 atom stereocenters. The predicted molar refractivity (Wildman–Crippen MR) is 66.9 cm³/mol. The van der Waals surface area contributed by atoms with E-state index in [4.69, 9.17) is 9.47 Å². The van der Waals surface area contributed by atoms with Gasteiger partial charge in [-0.2, -0.15) is 0 Å². The van der Waals surface area contributed by atoms with E-state index in [2.05, 4.69) is 0 Å². The van der Waals surface area contributed by atoms with Crippen LogP contribution in [0.4, 0.5) is 0 Å². The van der Waals surface area contributed by atoms with E-state index < -0.39 is 0 Å². The van der Waals surface area contributed by atoms with Crippen molar-refractivity contribution in [3.8, 4) is 0 Å². The molecular formula is C13H25NO3. The van der Waals surface area contributed by atoms with Gasteiger partial charge >= 0.3 is 0 Å². The van der Waals surface area contributed by atoms with Crippen LogP contribution in [-0.2, 0) is 14.3 Å². The molecule has 4 heteroatoms. The first-order chi connectivity index (χ1) is 7.88. The van der Waals surface area contributed by atoms with Crippen molar-refractivity contribution >= 4 is 5.91 Å². The average molecular weight is 243 g/mol. The number of likely N-dealkylation sites (N-methyl/N-ethyl adjacent to an activating group) is 1. The van der Waals surface area contributed by atoms with Crippen molar-refractivity contribution in [3.63, 3.8) is 0 Å². The molecule has 100 valence electrons. The maximum absolute atomic E-state index is 11.8. The summed E-state index contributed by atoms with van der Waals surface area (Å²) in [7, 11) is 1.85. The second kappa shape index (κ2) is 6.36. The number of ether oxygens (including phenoxy) is 2. The van der Waals surface area contributed by atoms with E-state index in [1.54, 1.807) is 4.90 Å². The highest BCUT2D eigenvalue weighted by molar-refractivity contribution is 5.77. The largest absolute Gasteiger partial charge is 0.381 e. The fraction of sp³-hybridized carbons (Fsp3) is 0.923. The van der Waals surface area contributed by atoms with Gasteiger partial charge < -0.3 is 14.4 Å². The van der Waals surface area contributed by atoms with Crippen LogP contribution in [0.1, 0.15) is 33.6 Å². The zero-order valence-corrected chi connectivity index (χ0v) is 11.5. The Hall–Kier alpha value is -0.610. The second-order valence-corrected chi connectivity index (χ2v) is 5.73. The van der Waals surface area contributed by atoms with Gasteiger partial charge in [-0.3, -0.25) is 4.79 Å². The normalized spacial score (nSPS) is 18.1. The zero-order chi connectivity index (χ0) is 12.9. The maximum Gasteiger partial charge on any atom is 0.248 e. The fourth-order valence-corrected chi connectivity index (χ4v) is 1.81. The van der Waals surface area contributed by atoms with E-state index in [0.717, 1.165) is 32.6 Å². The Labute approximate surface area is 104 Å². The molecule has 0 N–H and O–H groups in total. The van der Waals surface area contributed by atoms with Gasteiger partial charge in [-0.25, -0.2) is 0 Å². The predicted octanol–water partition coefficient (Wildman–Crippen LogP) is 1.69. The van der Waals surface area contributed by atoms with Crippen LogP contribution in [0.5, 0.6) is 0 Å². The monoisotopic (exact) mass is 243 g/mol.